The van der Waals surface area contributed by atoms with Crippen LogP contribution in [-0.2, 0) is 4.79 Å². The van der Waals surface area contributed by atoms with Gasteiger partial charge in [0.1, 0.15) is 0 Å². The number of nitro groups is 1. The molecule has 0 saturated carbocycles. The Morgan fingerprint density at radius 3 is 2.81 bits per heavy atom. The first kappa shape index (κ1) is 18.0. The molecular formula is C16H13N5O3S2. The highest BCUT2D eigenvalue weighted by Gasteiger charge is 2.18. The zero-order chi connectivity index (χ0) is 18.5. The van der Waals surface area contributed by atoms with Gasteiger partial charge in [0.15, 0.2) is 10.3 Å². The summed E-state index contributed by atoms with van der Waals surface area (Å²) in [5.74, 6) is -0.220. The number of hydrogen-bond donors (Lipinski definition) is 1. The summed E-state index contributed by atoms with van der Waals surface area (Å²) in [6.45, 7) is 1.76. The zero-order valence-electron chi connectivity index (χ0n) is 13.5. The van der Waals surface area contributed by atoms with E-state index in [0.29, 0.717) is 21.5 Å². The number of anilines is 1. The molecular weight excluding hydrogens is 374 g/mol. The molecule has 0 unspecified atom stereocenters. The molecule has 1 aromatic carbocycles. The fourth-order valence-electron chi connectivity index (χ4n) is 2.01. The molecule has 0 aliphatic heterocycles. The quantitative estimate of drug-likeness (QED) is 0.297. The molecule has 1 N–H and O–H groups in total. The van der Waals surface area contributed by atoms with Crippen molar-refractivity contribution in [2.24, 2.45) is 0 Å². The van der Waals surface area contributed by atoms with Crippen LogP contribution in [0.5, 0.6) is 0 Å². The van der Waals surface area contributed by atoms with Crippen molar-refractivity contribution in [3.8, 4) is 11.3 Å². The average Bonchev–Trinajstić information content (AvgIpc) is 3.11. The molecule has 8 nitrogen and oxygen atoms in total. The lowest BCUT2D eigenvalue weighted by molar-refractivity contribution is -0.384. The highest BCUT2D eigenvalue weighted by molar-refractivity contribution is 8.00. The van der Waals surface area contributed by atoms with Gasteiger partial charge in [-0.15, -0.1) is 11.3 Å². The first-order valence-electron chi connectivity index (χ1n) is 7.48. The van der Waals surface area contributed by atoms with E-state index >= 15 is 0 Å². The summed E-state index contributed by atoms with van der Waals surface area (Å²) in [7, 11) is 0. The zero-order valence-corrected chi connectivity index (χ0v) is 15.2. The third-order valence-electron chi connectivity index (χ3n) is 3.28. The normalized spacial score (nSPS) is 11.7. The molecule has 10 heteroatoms. The Balaban J connectivity index is 1.67. The Bertz CT molecular complexity index is 932. The van der Waals surface area contributed by atoms with Crippen LogP contribution < -0.4 is 5.32 Å². The second-order valence-corrected chi connectivity index (χ2v) is 7.29. The molecule has 0 spiro atoms. The van der Waals surface area contributed by atoms with E-state index in [0.717, 1.165) is 0 Å². The summed E-state index contributed by atoms with van der Waals surface area (Å²) in [5.41, 5.74) is 1.19. The van der Waals surface area contributed by atoms with E-state index < -0.39 is 10.2 Å². The minimum absolute atomic E-state index is 0.00558. The number of benzene rings is 1. The minimum Gasteiger partial charge on any atom is -0.301 e. The average molecular weight is 387 g/mol. The van der Waals surface area contributed by atoms with Crippen molar-refractivity contribution in [2.75, 3.05) is 5.32 Å². The molecule has 0 aliphatic rings. The summed E-state index contributed by atoms with van der Waals surface area (Å²) in [5, 5.41) is 15.9. The number of rotatable bonds is 6. The minimum atomic E-state index is -0.455. The lowest BCUT2D eigenvalue weighted by atomic mass is 10.1. The molecule has 3 rings (SSSR count). The molecule has 2 heterocycles. The van der Waals surface area contributed by atoms with Gasteiger partial charge >= 0.3 is 0 Å². The number of aromatic nitrogens is 3. The maximum Gasteiger partial charge on any atom is 0.270 e. The molecule has 0 fully saturated rings. The van der Waals surface area contributed by atoms with E-state index in [4.69, 9.17) is 0 Å². The van der Waals surface area contributed by atoms with Crippen LogP contribution in [0.15, 0.2) is 53.3 Å². The highest BCUT2D eigenvalue weighted by Crippen LogP contribution is 2.28. The molecule has 0 radical (unpaired) electrons. The number of thioether (sulfide) groups is 1. The predicted octanol–water partition coefficient (Wildman–Crippen LogP) is 3.63. The van der Waals surface area contributed by atoms with Gasteiger partial charge in [-0.25, -0.2) is 15.0 Å². The fraction of sp³-hybridized carbons (Fsp3) is 0.125. The molecule has 1 atom stereocenters. The molecule has 1 amide bonds. The van der Waals surface area contributed by atoms with Crippen molar-refractivity contribution in [3.05, 3.63) is 58.2 Å². The number of amides is 1. The van der Waals surface area contributed by atoms with Gasteiger partial charge in [-0.2, -0.15) is 0 Å². The Labute approximate surface area is 156 Å². The number of nitrogens with one attached hydrogen (secondary N) is 1. The summed E-state index contributed by atoms with van der Waals surface area (Å²) in [6.07, 6.45) is 3.23. The summed E-state index contributed by atoms with van der Waals surface area (Å²) in [4.78, 5) is 35.2. The van der Waals surface area contributed by atoms with Crippen LogP contribution in [0.1, 0.15) is 6.92 Å². The topological polar surface area (TPSA) is 111 Å². The number of hydrogen-bond acceptors (Lipinski definition) is 8. The van der Waals surface area contributed by atoms with E-state index in [2.05, 4.69) is 20.3 Å². The second-order valence-electron chi connectivity index (χ2n) is 5.13. The van der Waals surface area contributed by atoms with Crippen LogP contribution in [-0.4, -0.2) is 31.0 Å². The maximum absolute atomic E-state index is 12.3. The number of thiazole rings is 1. The van der Waals surface area contributed by atoms with Gasteiger partial charge in [0, 0.05) is 35.5 Å². The van der Waals surface area contributed by atoms with E-state index in [1.807, 2.05) is 0 Å². The predicted molar refractivity (Wildman–Crippen MR) is 100 cm³/mol. The van der Waals surface area contributed by atoms with Crippen LogP contribution in [0.4, 0.5) is 10.8 Å². The first-order valence-corrected chi connectivity index (χ1v) is 9.24. The van der Waals surface area contributed by atoms with Crippen LogP contribution in [0.3, 0.4) is 0 Å². The number of nitro benzene ring substituents is 1. The van der Waals surface area contributed by atoms with E-state index in [-0.39, 0.29) is 11.6 Å². The monoisotopic (exact) mass is 387 g/mol. The molecule has 0 bridgehead atoms. The van der Waals surface area contributed by atoms with E-state index in [1.54, 1.807) is 42.9 Å². The number of carbonyl (C=O) groups excluding carboxylic acids is 1. The Morgan fingerprint density at radius 2 is 2.08 bits per heavy atom. The largest absolute Gasteiger partial charge is 0.301 e. The van der Waals surface area contributed by atoms with E-state index in [1.165, 1.54) is 35.2 Å². The van der Waals surface area contributed by atoms with Gasteiger partial charge in [0.25, 0.3) is 5.69 Å². The Morgan fingerprint density at radius 1 is 1.31 bits per heavy atom. The molecule has 2 aromatic heterocycles. The third kappa shape index (κ3) is 4.41. The van der Waals surface area contributed by atoms with Crippen molar-refractivity contribution < 1.29 is 9.72 Å². The van der Waals surface area contributed by atoms with Gasteiger partial charge in [-0.05, 0) is 13.0 Å². The van der Waals surface area contributed by atoms with Crippen LogP contribution in [0.2, 0.25) is 0 Å². The van der Waals surface area contributed by atoms with E-state index in [9.17, 15) is 14.9 Å². The number of non-ortho nitro benzene ring substituents is 1. The van der Waals surface area contributed by atoms with Crippen LogP contribution in [0, 0.1) is 10.1 Å². The number of carbonyl (C=O) groups is 1. The summed E-state index contributed by atoms with van der Waals surface area (Å²) < 4.78 is 0. The lowest BCUT2D eigenvalue weighted by Gasteiger charge is -2.08. The number of nitrogens with zero attached hydrogens (tertiary/aromatic N) is 4. The van der Waals surface area contributed by atoms with Crippen molar-refractivity contribution in [2.45, 2.75) is 17.3 Å². The summed E-state index contributed by atoms with van der Waals surface area (Å²) in [6, 6.07) is 7.91. The highest BCUT2D eigenvalue weighted by atomic mass is 32.2. The third-order valence-corrected chi connectivity index (χ3v) is 5.03. The van der Waals surface area contributed by atoms with Crippen LogP contribution in [0.25, 0.3) is 11.3 Å². The van der Waals surface area contributed by atoms with Crippen molar-refractivity contribution in [1.29, 1.82) is 0 Å². The molecule has 26 heavy (non-hydrogen) atoms. The Kier molecular flexibility index (Phi) is 5.54. The van der Waals surface area contributed by atoms with Gasteiger partial charge in [-0.3, -0.25) is 14.9 Å². The van der Waals surface area contributed by atoms with Gasteiger partial charge in [0.2, 0.25) is 5.91 Å². The van der Waals surface area contributed by atoms with Gasteiger partial charge in [-0.1, -0.05) is 23.9 Å². The van der Waals surface area contributed by atoms with Crippen molar-refractivity contribution in [1.82, 2.24) is 15.0 Å². The molecule has 3 aromatic rings. The molecule has 0 aliphatic carbocycles. The van der Waals surface area contributed by atoms with Crippen molar-refractivity contribution in [3.63, 3.8) is 0 Å². The Hall–Kier alpha value is -2.85. The second kappa shape index (κ2) is 8.02. The van der Waals surface area contributed by atoms with Gasteiger partial charge in [0.05, 0.1) is 15.9 Å². The molecule has 0 saturated heterocycles. The lowest BCUT2D eigenvalue weighted by Crippen LogP contribution is -2.22. The maximum atomic E-state index is 12.3. The fourth-order valence-corrected chi connectivity index (χ4v) is 3.46. The van der Waals surface area contributed by atoms with Crippen LogP contribution >= 0.6 is 23.1 Å². The molecule has 132 valence electrons. The first-order chi connectivity index (χ1) is 12.5. The van der Waals surface area contributed by atoms with Crippen molar-refractivity contribution >= 4 is 39.8 Å². The SMILES string of the molecule is C[C@@H](Sc1ncccn1)C(=O)Nc1nc(-c2cccc([N+](=O)[O-])c2)cs1. The van der Waals surface area contributed by atoms with Gasteiger partial charge < -0.3 is 5.32 Å². The summed E-state index contributed by atoms with van der Waals surface area (Å²) >= 11 is 2.50. The smallest absolute Gasteiger partial charge is 0.270 e. The standard InChI is InChI=1S/C16H13N5O3S2/c1-10(26-15-17-6-3-7-18-15)14(22)20-16-19-13(9-25-16)11-4-2-5-12(8-11)21(23)24/h2-10H,1H3,(H,19,20,22)/t10-/m1/s1.